The maximum absolute atomic E-state index is 12.4. The number of aliphatic hydroxyl groups is 1. The predicted octanol–water partition coefficient (Wildman–Crippen LogP) is 9.72. The van der Waals surface area contributed by atoms with E-state index in [1.54, 1.807) is 0 Å². The number of nitrogens with one attached hydrogen (secondary N) is 4. The fourth-order valence-electron chi connectivity index (χ4n) is 11.2. The Balaban J connectivity index is 1.12. The molecule has 9 rings (SSSR count). The lowest BCUT2D eigenvalue weighted by Crippen LogP contribution is -2.57. The molecule has 4 aromatic rings. The molecule has 0 amide bonds. The summed E-state index contributed by atoms with van der Waals surface area (Å²) in [6.45, 7) is 14.4. The van der Waals surface area contributed by atoms with Gasteiger partial charge in [0.25, 0.3) is 0 Å². The molecule has 6 heteroatoms. The third-order valence-corrected chi connectivity index (χ3v) is 14.3. The molecule has 0 radical (unpaired) electrons. The molecule has 6 unspecified atom stereocenters. The lowest BCUT2D eigenvalue weighted by molar-refractivity contribution is -0.0982. The number of hydrogen-bond acceptors (Lipinski definition) is 6. The normalized spacial score (nSPS) is 39.2. The summed E-state index contributed by atoms with van der Waals surface area (Å²) in [4.78, 5) is 0. The minimum Gasteiger partial charge on any atom is -0.392 e. The molecule has 0 aromatic heterocycles. The van der Waals surface area contributed by atoms with Crippen LogP contribution in [-0.2, 0) is 4.74 Å². The molecule has 49 heavy (non-hydrogen) atoms. The molecular formula is C43H54N4O2. The Kier molecular flexibility index (Phi) is 7.08. The summed E-state index contributed by atoms with van der Waals surface area (Å²) in [5.41, 5.74) is 6.65. The van der Waals surface area contributed by atoms with E-state index in [1.807, 2.05) is 7.11 Å². The Labute approximate surface area is 291 Å². The Morgan fingerprint density at radius 3 is 1.37 bits per heavy atom. The SMILES string of the molecule is COC1C(c2ccc3cccc4c3c2NC2(CC(C)C(C)C(C)C2)N4)C(O)C1c1ccc2cccc3c2c1NC1(CC(C)C(C)C(C)C1)N3. The summed E-state index contributed by atoms with van der Waals surface area (Å²) >= 11 is 0. The third kappa shape index (κ3) is 4.58. The first kappa shape index (κ1) is 31.5. The van der Waals surface area contributed by atoms with Crippen LogP contribution in [0.5, 0.6) is 0 Å². The summed E-state index contributed by atoms with van der Waals surface area (Å²) in [6, 6.07) is 22.2. The van der Waals surface area contributed by atoms with Crippen molar-refractivity contribution < 1.29 is 9.84 Å². The number of hydrogen-bond donors (Lipinski definition) is 5. The van der Waals surface area contributed by atoms with E-state index in [-0.39, 0.29) is 29.3 Å². The number of anilines is 4. The van der Waals surface area contributed by atoms with Gasteiger partial charge in [-0.1, -0.05) is 90.1 Å². The molecule has 2 heterocycles. The second kappa shape index (κ2) is 11.0. The average Bonchev–Trinajstić information content (AvgIpc) is 3.07. The summed E-state index contributed by atoms with van der Waals surface area (Å²) in [5.74, 6) is 3.47. The zero-order chi connectivity index (χ0) is 34.0. The third-order valence-electron chi connectivity index (χ3n) is 14.3. The van der Waals surface area contributed by atoms with Gasteiger partial charge in [-0.05, 0) is 95.2 Å². The van der Waals surface area contributed by atoms with Crippen LogP contribution in [-0.4, -0.2) is 35.7 Å². The van der Waals surface area contributed by atoms with E-state index in [9.17, 15) is 5.11 Å². The summed E-state index contributed by atoms with van der Waals surface area (Å²) < 4.78 is 6.43. The fourth-order valence-corrected chi connectivity index (χ4v) is 11.2. The van der Waals surface area contributed by atoms with Crippen LogP contribution in [0.15, 0.2) is 60.7 Å². The first-order valence-electron chi connectivity index (χ1n) is 19.0. The van der Waals surface area contributed by atoms with Gasteiger partial charge in [0.1, 0.15) is 11.3 Å². The van der Waals surface area contributed by atoms with E-state index in [2.05, 4.69) is 123 Å². The second-order valence-corrected chi connectivity index (χ2v) is 17.2. The lowest BCUT2D eigenvalue weighted by Gasteiger charge is -2.54. The summed E-state index contributed by atoms with van der Waals surface area (Å²) in [6.07, 6.45) is 3.50. The van der Waals surface area contributed by atoms with Gasteiger partial charge in [-0.25, -0.2) is 0 Å². The van der Waals surface area contributed by atoms with Gasteiger partial charge in [-0.2, -0.15) is 0 Å². The maximum Gasteiger partial charge on any atom is 0.108 e. The summed E-state index contributed by atoms with van der Waals surface area (Å²) in [7, 11) is 1.83. The fraction of sp³-hybridized carbons (Fsp3) is 0.535. The van der Waals surface area contributed by atoms with Crippen LogP contribution in [0.2, 0.25) is 0 Å². The molecule has 2 aliphatic heterocycles. The molecule has 5 N–H and O–H groups in total. The van der Waals surface area contributed by atoms with Gasteiger partial charge in [0, 0.05) is 52.5 Å². The maximum atomic E-state index is 12.4. The molecular weight excluding hydrogens is 604 g/mol. The van der Waals surface area contributed by atoms with Crippen molar-refractivity contribution in [3.8, 4) is 0 Å². The standard InChI is InChI=1S/C43H54N4O2/c1-22-18-42(19-23(2)26(22)5)44-32-12-8-10-28-14-16-30(38(46-42)34(28)32)36-40(48)37(41(36)49-7)31-17-15-29-11-9-13-33-35(29)39(31)47-43(45-33)20-24(3)27(6)25(4)21-43/h8-17,22-27,36-37,40-41,44-48H,18-21H2,1-7H3. The molecule has 6 atom stereocenters. The van der Waals surface area contributed by atoms with E-state index in [0.29, 0.717) is 35.5 Å². The van der Waals surface area contributed by atoms with Crippen LogP contribution in [0.3, 0.4) is 0 Å². The van der Waals surface area contributed by atoms with E-state index < -0.39 is 6.10 Å². The van der Waals surface area contributed by atoms with Gasteiger partial charge in [0.05, 0.1) is 12.2 Å². The van der Waals surface area contributed by atoms with Crippen LogP contribution >= 0.6 is 0 Å². The molecule has 258 valence electrons. The van der Waals surface area contributed by atoms with Gasteiger partial charge >= 0.3 is 0 Å². The van der Waals surface area contributed by atoms with Crippen LogP contribution in [0, 0.1) is 35.5 Å². The van der Waals surface area contributed by atoms with Gasteiger partial charge in [0.15, 0.2) is 0 Å². The van der Waals surface area contributed by atoms with E-state index >= 15 is 0 Å². The van der Waals surface area contributed by atoms with Crippen molar-refractivity contribution in [3.63, 3.8) is 0 Å². The quantitative estimate of drug-likeness (QED) is 0.151. The number of benzene rings is 4. The molecule has 0 saturated heterocycles. The van der Waals surface area contributed by atoms with Crippen LogP contribution in [0.1, 0.15) is 90.2 Å². The molecule has 3 aliphatic carbocycles. The number of aliphatic hydroxyl groups excluding tert-OH is 1. The van der Waals surface area contributed by atoms with Gasteiger partial charge in [-0.15, -0.1) is 0 Å². The second-order valence-electron chi connectivity index (χ2n) is 17.2. The van der Waals surface area contributed by atoms with Crippen molar-refractivity contribution in [1.29, 1.82) is 0 Å². The zero-order valence-electron chi connectivity index (χ0n) is 30.2. The topological polar surface area (TPSA) is 77.6 Å². The van der Waals surface area contributed by atoms with Gasteiger partial charge in [-0.3, -0.25) is 0 Å². The Morgan fingerprint density at radius 2 is 0.980 bits per heavy atom. The minimum atomic E-state index is -0.583. The van der Waals surface area contributed by atoms with Crippen molar-refractivity contribution in [2.24, 2.45) is 35.5 Å². The van der Waals surface area contributed by atoms with Gasteiger partial charge in [0.2, 0.25) is 0 Å². The Bertz CT molecular complexity index is 1790. The number of ether oxygens (including phenoxy) is 1. The smallest absolute Gasteiger partial charge is 0.108 e. The van der Waals surface area contributed by atoms with Crippen molar-refractivity contribution in [3.05, 3.63) is 71.8 Å². The number of rotatable bonds is 3. The van der Waals surface area contributed by atoms with Crippen molar-refractivity contribution in [2.75, 3.05) is 28.4 Å². The van der Waals surface area contributed by atoms with E-state index in [0.717, 1.165) is 25.7 Å². The lowest BCUT2D eigenvalue weighted by atomic mass is 9.61. The average molecular weight is 659 g/mol. The molecule has 2 spiro atoms. The van der Waals surface area contributed by atoms with Crippen molar-refractivity contribution >= 4 is 44.3 Å². The predicted molar refractivity (Wildman–Crippen MR) is 204 cm³/mol. The first-order valence-corrected chi connectivity index (χ1v) is 19.0. The highest BCUT2D eigenvalue weighted by Crippen LogP contribution is 2.58. The highest BCUT2D eigenvalue weighted by Gasteiger charge is 2.55. The molecule has 4 aromatic carbocycles. The van der Waals surface area contributed by atoms with E-state index in [1.165, 1.54) is 55.4 Å². The Hall–Kier alpha value is -3.48. The largest absolute Gasteiger partial charge is 0.392 e. The minimum absolute atomic E-state index is 0.146. The monoisotopic (exact) mass is 658 g/mol. The van der Waals surface area contributed by atoms with Gasteiger partial charge < -0.3 is 31.1 Å². The first-order chi connectivity index (χ1) is 23.5. The van der Waals surface area contributed by atoms with Crippen molar-refractivity contribution in [1.82, 2.24) is 0 Å². The Morgan fingerprint density at radius 1 is 0.571 bits per heavy atom. The molecule has 0 bridgehead atoms. The van der Waals surface area contributed by atoms with Crippen molar-refractivity contribution in [2.45, 2.75) is 103 Å². The van der Waals surface area contributed by atoms with Crippen LogP contribution in [0.25, 0.3) is 21.5 Å². The van der Waals surface area contributed by atoms with E-state index in [4.69, 9.17) is 4.74 Å². The van der Waals surface area contributed by atoms with Crippen LogP contribution in [0.4, 0.5) is 22.7 Å². The molecule has 3 saturated carbocycles. The highest BCUT2D eigenvalue weighted by molar-refractivity contribution is 6.08. The molecule has 6 nitrogen and oxygen atoms in total. The van der Waals surface area contributed by atoms with Crippen LogP contribution < -0.4 is 21.3 Å². The molecule has 3 fully saturated rings. The molecule has 5 aliphatic rings. The summed E-state index contributed by atoms with van der Waals surface area (Å²) in [5, 5.41) is 33.5. The number of methoxy groups -OCH3 is 1. The highest BCUT2D eigenvalue weighted by atomic mass is 16.5. The zero-order valence-corrected chi connectivity index (χ0v) is 30.2.